The Morgan fingerprint density at radius 3 is 1.70 bits per heavy atom. The van der Waals surface area contributed by atoms with Gasteiger partial charge in [-0.3, -0.25) is 14.4 Å². The molecule has 0 bridgehead atoms. The number of carbonyl (C=O) groups is 4. The van der Waals surface area contributed by atoms with Gasteiger partial charge in [0.25, 0.3) is 0 Å². The molecule has 9 heteroatoms. The van der Waals surface area contributed by atoms with E-state index < -0.39 is 24.5 Å². The molecule has 0 aliphatic heterocycles. The van der Waals surface area contributed by atoms with Crippen molar-refractivity contribution < 1.29 is 34.1 Å². The molecule has 0 aromatic rings. The fourth-order valence-electron chi connectivity index (χ4n) is 5.47. The number of carboxylic acids is 1. The Kier molecular flexibility index (Phi) is 36.3. The van der Waals surface area contributed by atoms with E-state index in [2.05, 4.69) is 91.3 Å². The highest BCUT2D eigenvalue weighted by molar-refractivity contribution is 5.87. The van der Waals surface area contributed by atoms with Gasteiger partial charge in [0.1, 0.15) is 12.1 Å². The summed E-state index contributed by atoms with van der Waals surface area (Å²) < 4.78 is 5.87. The van der Waals surface area contributed by atoms with Crippen molar-refractivity contribution in [1.82, 2.24) is 10.6 Å². The third-order valence-corrected chi connectivity index (χ3v) is 8.67. The first kappa shape index (κ1) is 50.3. The van der Waals surface area contributed by atoms with Crippen molar-refractivity contribution in [2.75, 3.05) is 13.2 Å². The van der Waals surface area contributed by atoms with Crippen LogP contribution in [0, 0.1) is 0 Å². The summed E-state index contributed by atoms with van der Waals surface area (Å²) in [6.07, 6.45) is 48.1. The number of carboxylic acid groups (broad SMARTS) is 1. The van der Waals surface area contributed by atoms with E-state index in [1.54, 1.807) is 0 Å². The van der Waals surface area contributed by atoms with E-state index in [1.165, 1.54) is 32.1 Å². The van der Waals surface area contributed by atoms with Gasteiger partial charge in [-0.05, 0) is 89.5 Å². The molecule has 4 N–H and O–H groups in total. The monoisotopic (exact) mass is 755 g/mol. The zero-order valence-corrected chi connectivity index (χ0v) is 33.7. The number of rotatable bonds is 36. The minimum absolute atomic E-state index is 0.135. The molecule has 0 fully saturated rings. The van der Waals surface area contributed by atoms with Gasteiger partial charge in [-0.25, -0.2) is 4.79 Å². The summed E-state index contributed by atoms with van der Waals surface area (Å²) in [4.78, 5) is 47.4. The number of aliphatic carboxylic acids is 1. The van der Waals surface area contributed by atoms with Crippen molar-refractivity contribution in [2.24, 2.45) is 0 Å². The summed E-state index contributed by atoms with van der Waals surface area (Å²) >= 11 is 0. The Bertz CT molecular complexity index is 1140. The number of amides is 2. The van der Waals surface area contributed by atoms with Gasteiger partial charge in [0, 0.05) is 12.8 Å². The molecule has 0 saturated carbocycles. The molecule has 0 aliphatic rings. The quantitative estimate of drug-likeness (QED) is 0.0283. The molecule has 0 spiro atoms. The molecule has 2 unspecified atom stereocenters. The lowest BCUT2D eigenvalue weighted by Crippen LogP contribution is -2.47. The van der Waals surface area contributed by atoms with Gasteiger partial charge in [0.05, 0.1) is 13.2 Å². The molecule has 0 rings (SSSR count). The van der Waals surface area contributed by atoms with Gasteiger partial charge in [0.2, 0.25) is 11.8 Å². The Morgan fingerprint density at radius 1 is 0.593 bits per heavy atom. The molecule has 306 valence electrons. The molecule has 0 radical (unpaired) electrons. The first-order valence-electron chi connectivity index (χ1n) is 20.8. The second kappa shape index (κ2) is 39.0. The van der Waals surface area contributed by atoms with Gasteiger partial charge in [-0.15, -0.1) is 0 Å². The third kappa shape index (κ3) is 35.3. The van der Waals surface area contributed by atoms with Crippen molar-refractivity contribution in [3.63, 3.8) is 0 Å². The van der Waals surface area contributed by atoms with Crippen molar-refractivity contribution in [3.05, 3.63) is 72.9 Å². The van der Waals surface area contributed by atoms with Gasteiger partial charge >= 0.3 is 11.9 Å². The molecule has 54 heavy (non-hydrogen) atoms. The summed E-state index contributed by atoms with van der Waals surface area (Å²) in [6.45, 7) is 3.28. The minimum atomic E-state index is -1.39. The van der Waals surface area contributed by atoms with Crippen LogP contribution in [0.4, 0.5) is 0 Å². The van der Waals surface area contributed by atoms with E-state index in [4.69, 9.17) is 14.9 Å². The van der Waals surface area contributed by atoms with E-state index in [-0.39, 0.29) is 30.9 Å². The zero-order valence-electron chi connectivity index (χ0n) is 33.7. The molecular formula is C45H74N2O7. The fraction of sp³-hybridized carbons (Fsp3) is 0.644. The molecule has 0 aliphatic carbocycles. The van der Waals surface area contributed by atoms with Gasteiger partial charge < -0.3 is 25.6 Å². The highest BCUT2D eigenvalue weighted by Gasteiger charge is 2.18. The van der Waals surface area contributed by atoms with Crippen LogP contribution in [-0.2, 0) is 23.9 Å². The maximum Gasteiger partial charge on any atom is 0.328 e. The highest BCUT2D eigenvalue weighted by atomic mass is 16.5. The van der Waals surface area contributed by atoms with Crippen LogP contribution in [0.25, 0.3) is 0 Å². The van der Waals surface area contributed by atoms with Gasteiger partial charge in [-0.1, -0.05) is 132 Å². The van der Waals surface area contributed by atoms with Gasteiger partial charge in [-0.2, -0.15) is 0 Å². The number of unbranched alkanes of at least 4 members (excludes halogenated alkanes) is 12. The lowest BCUT2D eigenvalue weighted by molar-refractivity contribution is -0.147. The molecular weight excluding hydrogens is 681 g/mol. The van der Waals surface area contributed by atoms with Crippen LogP contribution in [0.3, 0.4) is 0 Å². The number of allylic oxidation sites excluding steroid dienone is 11. The number of aliphatic hydroxyl groups excluding tert-OH is 1. The Hall–Kier alpha value is -3.72. The van der Waals surface area contributed by atoms with Crippen LogP contribution in [-0.4, -0.2) is 59.3 Å². The van der Waals surface area contributed by atoms with Gasteiger partial charge in [0.15, 0.2) is 0 Å². The number of hydrogen-bond acceptors (Lipinski definition) is 6. The van der Waals surface area contributed by atoms with Crippen LogP contribution in [0.15, 0.2) is 72.9 Å². The fourth-order valence-corrected chi connectivity index (χ4v) is 5.47. The molecule has 9 nitrogen and oxygen atoms in total. The first-order chi connectivity index (χ1) is 26.3. The first-order valence-corrected chi connectivity index (χ1v) is 20.8. The Morgan fingerprint density at radius 2 is 1.11 bits per heavy atom. The number of ether oxygens (including phenoxy) is 1. The summed E-state index contributed by atoms with van der Waals surface area (Å²) in [7, 11) is 0. The van der Waals surface area contributed by atoms with E-state index in [9.17, 15) is 19.2 Å². The van der Waals surface area contributed by atoms with Crippen molar-refractivity contribution >= 4 is 23.8 Å². The van der Waals surface area contributed by atoms with Crippen molar-refractivity contribution in [1.29, 1.82) is 0 Å². The number of carbonyl (C=O) groups excluding carboxylic acids is 3. The van der Waals surface area contributed by atoms with Crippen LogP contribution >= 0.6 is 0 Å². The number of aliphatic hydroxyl groups is 1. The number of esters is 1. The third-order valence-electron chi connectivity index (χ3n) is 8.67. The molecule has 2 amide bonds. The second-order valence-electron chi connectivity index (χ2n) is 13.7. The van der Waals surface area contributed by atoms with E-state index in [0.717, 1.165) is 96.3 Å². The van der Waals surface area contributed by atoms with E-state index in [1.807, 2.05) is 6.08 Å². The zero-order chi connectivity index (χ0) is 39.7. The van der Waals surface area contributed by atoms with Crippen molar-refractivity contribution in [2.45, 2.75) is 174 Å². The predicted octanol–water partition coefficient (Wildman–Crippen LogP) is 9.93. The molecule has 2 atom stereocenters. The predicted molar refractivity (Wildman–Crippen MR) is 222 cm³/mol. The van der Waals surface area contributed by atoms with Crippen LogP contribution in [0.5, 0.6) is 0 Å². The number of nitrogens with one attached hydrogen (secondary N) is 2. The van der Waals surface area contributed by atoms with E-state index in [0.29, 0.717) is 12.8 Å². The summed E-state index contributed by atoms with van der Waals surface area (Å²) in [5, 5.41) is 22.5. The summed E-state index contributed by atoms with van der Waals surface area (Å²) in [5.74, 6) is -2.43. The summed E-state index contributed by atoms with van der Waals surface area (Å²) in [6, 6.07) is -1.39. The highest BCUT2D eigenvalue weighted by Crippen LogP contribution is 2.15. The van der Waals surface area contributed by atoms with E-state index >= 15 is 0 Å². The molecule has 0 aromatic carbocycles. The molecule has 0 aromatic heterocycles. The lowest BCUT2D eigenvalue weighted by atomic mass is 10.1. The maximum absolute atomic E-state index is 12.7. The second-order valence-corrected chi connectivity index (χ2v) is 13.7. The SMILES string of the molecule is CC/C=C\C/C=C\C/C=C\C/C=C\C/C=C\CCCCCCCC(=O)OC(/C=C\CCCCCC)CCCCCCC(=O)NCC(=O)NC(CO)C(=O)O. The minimum Gasteiger partial charge on any atom is -0.480 e. The van der Waals surface area contributed by atoms with Crippen molar-refractivity contribution in [3.8, 4) is 0 Å². The maximum atomic E-state index is 12.7. The average molecular weight is 755 g/mol. The van der Waals surface area contributed by atoms with Crippen LogP contribution < -0.4 is 10.6 Å². The summed E-state index contributed by atoms with van der Waals surface area (Å²) in [5.41, 5.74) is 0. The average Bonchev–Trinajstić information content (AvgIpc) is 3.15. The topological polar surface area (TPSA) is 142 Å². The Balaban J connectivity index is 4.19. The lowest BCUT2D eigenvalue weighted by Gasteiger charge is -2.15. The van der Waals surface area contributed by atoms with Crippen LogP contribution in [0.1, 0.15) is 162 Å². The standard InChI is InChI=1S/C45H74N2O7/c1-3-5-7-9-11-12-13-14-15-16-17-18-19-20-21-22-23-24-25-27-33-37-44(51)54-40(34-30-26-10-8-6-4-2)35-31-28-29-32-36-42(49)46-38-43(50)47-41(39-48)45(52)53/h5,7,11-12,14-15,17-18,20-21,30,34,40-41,48H,3-4,6,8-10,13,16,19,22-29,31-33,35-39H2,1-2H3,(H,46,49)(H,47,50)(H,52,53)/b7-5-,12-11-,15-14-,18-17-,21-20-,34-30-. The normalized spacial score (nSPS) is 13.2. The largest absolute Gasteiger partial charge is 0.480 e. The van der Waals surface area contributed by atoms with Crippen LogP contribution in [0.2, 0.25) is 0 Å². The smallest absolute Gasteiger partial charge is 0.328 e. The Labute approximate surface area is 327 Å². The number of hydrogen-bond donors (Lipinski definition) is 4. The molecule has 0 heterocycles. The molecule has 0 saturated heterocycles.